The van der Waals surface area contributed by atoms with Crippen LogP contribution in [0.4, 0.5) is 0 Å². The summed E-state index contributed by atoms with van der Waals surface area (Å²) in [5, 5.41) is 0. The van der Waals surface area contributed by atoms with Crippen LogP contribution in [0.3, 0.4) is 0 Å². The highest BCUT2D eigenvalue weighted by Gasteiger charge is 2.19. The molecular weight excluding hydrogens is 326 g/mol. The standard InChI is InChI=1S/C17H17N3O3S/c1-12(16-5-3-4-10-18-16)20-24(21,22)15-8-6-14(7-9-15)17-11-23-13(2)19-17/h3-12,20H,1-2H3/t12-/m1/s1. The molecule has 0 saturated carbocycles. The molecule has 0 unspecified atom stereocenters. The van der Waals surface area contributed by atoms with E-state index in [9.17, 15) is 8.42 Å². The second-order valence-electron chi connectivity index (χ2n) is 5.37. The lowest BCUT2D eigenvalue weighted by Gasteiger charge is -2.13. The van der Waals surface area contributed by atoms with Crippen molar-refractivity contribution in [3.05, 3.63) is 66.5 Å². The molecule has 7 heteroatoms. The molecule has 3 rings (SSSR count). The molecule has 2 aromatic heterocycles. The molecule has 24 heavy (non-hydrogen) atoms. The molecule has 3 aromatic rings. The van der Waals surface area contributed by atoms with Crippen LogP contribution < -0.4 is 4.72 Å². The molecule has 0 bridgehead atoms. The van der Waals surface area contributed by atoms with E-state index < -0.39 is 16.1 Å². The summed E-state index contributed by atoms with van der Waals surface area (Å²) >= 11 is 0. The summed E-state index contributed by atoms with van der Waals surface area (Å²) in [4.78, 5) is 8.58. The molecule has 0 fully saturated rings. The van der Waals surface area contributed by atoms with Gasteiger partial charge in [-0.15, -0.1) is 0 Å². The Balaban J connectivity index is 1.80. The molecule has 0 radical (unpaired) electrons. The molecule has 124 valence electrons. The number of nitrogens with zero attached hydrogens (tertiary/aromatic N) is 2. The Morgan fingerprint density at radius 1 is 1.12 bits per heavy atom. The minimum absolute atomic E-state index is 0.189. The predicted octanol–water partition coefficient (Wildman–Crippen LogP) is 3.08. The third-order valence-corrected chi connectivity index (χ3v) is 5.10. The SMILES string of the molecule is Cc1nc(-c2ccc(S(=O)(=O)N[C@H](C)c3ccccn3)cc2)co1. The maximum atomic E-state index is 12.5. The highest BCUT2D eigenvalue weighted by molar-refractivity contribution is 7.89. The van der Waals surface area contributed by atoms with Gasteiger partial charge in [0, 0.05) is 18.7 Å². The van der Waals surface area contributed by atoms with Crippen LogP contribution in [0, 0.1) is 6.92 Å². The normalized spacial score (nSPS) is 12.9. The van der Waals surface area contributed by atoms with Crippen LogP contribution in [0.2, 0.25) is 0 Å². The lowest BCUT2D eigenvalue weighted by molar-refractivity contribution is 0.521. The lowest BCUT2D eigenvalue weighted by Crippen LogP contribution is -2.27. The third kappa shape index (κ3) is 3.52. The number of benzene rings is 1. The summed E-state index contributed by atoms with van der Waals surface area (Å²) in [5.41, 5.74) is 2.13. The van der Waals surface area contributed by atoms with Crippen molar-refractivity contribution in [2.45, 2.75) is 24.8 Å². The molecule has 0 aliphatic carbocycles. The maximum Gasteiger partial charge on any atom is 0.241 e. The van der Waals surface area contributed by atoms with Gasteiger partial charge < -0.3 is 4.42 Å². The van der Waals surface area contributed by atoms with E-state index in [1.165, 1.54) is 0 Å². The van der Waals surface area contributed by atoms with Crippen LogP contribution in [0.1, 0.15) is 24.6 Å². The van der Waals surface area contributed by atoms with Crippen LogP contribution >= 0.6 is 0 Å². The largest absolute Gasteiger partial charge is 0.449 e. The summed E-state index contributed by atoms with van der Waals surface area (Å²) in [6.07, 6.45) is 3.18. The van der Waals surface area contributed by atoms with Gasteiger partial charge in [0.2, 0.25) is 10.0 Å². The first-order valence-electron chi connectivity index (χ1n) is 7.41. The van der Waals surface area contributed by atoms with E-state index in [4.69, 9.17) is 4.42 Å². The molecule has 0 saturated heterocycles. The van der Waals surface area contributed by atoms with Crippen LogP contribution in [0.5, 0.6) is 0 Å². The summed E-state index contributed by atoms with van der Waals surface area (Å²) in [6, 6.07) is 11.5. The number of aryl methyl sites for hydroxylation is 1. The van der Waals surface area contributed by atoms with E-state index >= 15 is 0 Å². The van der Waals surface area contributed by atoms with Gasteiger partial charge in [0.15, 0.2) is 5.89 Å². The average molecular weight is 343 g/mol. The fraction of sp³-hybridized carbons (Fsp3) is 0.176. The zero-order chi connectivity index (χ0) is 17.2. The van der Waals surface area contributed by atoms with Gasteiger partial charge >= 0.3 is 0 Å². The monoisotopic (exact) mass is 343 g/mol. The van der Waals surface area contributed by atoms with Crippen LogP contribution in [-0.2, 0) is 10.0 Å². The fourth-order valence-electron chi connectivity index (χ4n) is 2.29. The van der Waals surface area contributed by atoms with E-state index in [-0.39, 0.29) is 4.90 Å². The summed E-state index contributed by atoms with van der Waals surface area (Å²) in [6.45, 7) is 3.51. The molecule has 2 heterocycles. The molecule has 0 spiro atoms. The Bertz CT molecular complexity index is 919. The van der Waals surface area contributed by atoms with Crippen molar-refractivity contribution < 1.29 is 12.8 Å². The number of oxazole rings is 1. The lowest BCUT2D eigenvalue weighted by atomic mass is 10.2. The number of aromatic nitrogens is 2. The number of rotatable bonds is 5. The second kappa shape index (κ2) is 6.54. The fourth-order valence-corrected chi connectivity index (χ4v) is 3.51. The molecule has 1 aromatic carbocycles. The minimum Gasteiger partial charge on any atom is -0.449 e. The molecule has 1 N–H and O–H groups in total. The Kier molecular flexibility index (Phi) is 4.46. The maximum absolute atomic E-state index is 12.5. The molecule has 0 aliphatic heterocycles. The third-order valence-electron chi connectivity index (χ3n) is 3.54. The Morgan fingerprint density at radius 3 is 2.46 bits per heavy atom. The van der Waals surface area contributed by atoms with Gasteiger partial charge in [0.1, 0.15) is 12.0 Å². The molecule has 1 atom stereocenters. The van der Waals surface area contributed by atoms with Gasteiger partial charge in [0.05, 0.1) is 16.6 Å². The smallest absolute Gasteiger partial charge is 0.241 e. The van der Waals surface area contributed by atoms with Crippen molar-refractivity contribution in [2.75, 3.05) is 0 Å². The van der Waals surface area contributed by atoms with Gasteiger partial charge in [0.25, 0.3) is 0 Å². The second-order valence-corrected chi connectivity index (χ2v) is 7.09. The molecular formula is C17H17N3O3S. The topological polar surface area (TPSA) is 85.1 Å². The van der Waals surface area contributed by atoms with E-state index in [1.54, 1.807) is 62.7 Å². The Hall–Kier alpha value is -2.51. The van der Waals surface area contributed by atoms with E-state index in [0.29, 0.717) is 17.3 Å². The van der Waals surface area contributed by atoms with E-state index in [1.807, 2.05) is 6.07 Å². The number of pyridine rings is 1. The van der Waals surface area contributed by atoms with Gasteiger partial charge in [-0.1, -0.05) is 18.2 Å². The van der Waals surface area contributed by atoms with Crippen molar-refractivity contribution in [3.8, 4) is 11.3 Å². The highest BCUT2D eigenvalue weighted by Crippen LogP contribution is 2.21. The Morgan fingerprint density at radius 2 is 1.88 bits per heavy atom. The van der Waals surface area contributed by atoms with Crippen LogP contribution in [0.25, 0.3) is 11.3 Å². The van der Waals surface area contributed by atoms with Crippen LogP contribution in [0.15, 0.2) is 64.2 Å². The van der Waals surface area contributed by atoms with Gasteiger partial charge in [-0.05, 0) is 31.2 Å². The summed E-state index contributed by atoms with van der Waals surface area (Å²) in [7, 11) is -3.64. The summed E-state index contributed by atoms with van der Waals surface area (Å²) < 4.78 is 32.8. The first-order valence-corrected chi connectivity index (χ1v) is 8.90. The van der Waals surface area contributed by atoms with Crippen molar-refractivity contribution in [1.82, 2.24) is 14.7 Å². The van der Waals surface area contributed by atoms with Crippen molar-refractivity contribution >= 4 is 10.0 Å². The number of nitrogens with one attached hydrogen (secondary N) is 1. The number of hydrogen-bond donors (Lipinski definition) is 1. The number of hydrogen-bond acceptors (Lipinski definition) is 5. The molecule has 0 aliphatic rings. The van der Waals surface area contributed by atoms with Gasteiger partial charge in [-0.2, -0.15) is 0 Å². The number of sulfonamides is 1. The Labute approximate surface area is 140 Å². The van der Waals surface area contributed by atoms with Crippen molar-refractivity contribution in [1.29, 1.82) is 0 Å². The van der Waals surface area contributed by atoms with Gasteiger partial charge in [-0.25, -0.2) is 18.1 Å². The molecule has 6 nitrogen and oxygen atoms in total. The van der Waals surface area contributed by atoms with Crippen molar-refractivity contribution in [2.24, 2.45) is 0 Å². The van der Waals surface area contributed by atoms with E-state index in [0.717, 1.165) is 5.56 Å². The quantitative estimate of drug-likeness (QED) is 0.769. The van der Waals surface area contributed by atoms with E-state index in [2.05, 4.69) is 14.7 Å². The predicted molar refractivity (Wildman–Crippen MR) is 89.6 cm³/mol. The minimum atomic E-state index is -3.64. The first kappa shape index (κ1) is 16.4. The first-order chi connectivity index (χ1) is 11.5. The van der Waals surface area contributed by atoms with Gasteiger partial charge in [-0.3, -0.25) is 4.98 Å². The average Bonchev–Trinajstić information content (AvgIpc) is 3.02. The summed E-state index contributed by atoms with van der Waals surface area (Å²) in [5.74, 6) is 0.563. The highest BCUT2D eigenvalue weighted by atomic mass is 32.2. The zero-order valence-corrected chi connectivity index (χ0v) is 14.1. The molecule has 0 amide bonds. The van der Waals surface area contributed by atoms with Crippen molar-refractivity contribution in [3.63, 3.8) is 0 Å². The van der Waals surface area contributed by atoms with Crippen LogP contribution in [-0.4, -0.2) is 18.4 Å². The zero-order valence-electron chi connectivity index (χ0n) is 13.3.